The molecule has 3 aliphatic rings. The highest BCUT2D eigenvalue weighted by molar-refractivity contribution is 7.05. The molecule has 3 heterocycles. The van der Waals surface area contributed by atoms with Crippen molar-refractivity contribution in [2.24, 2.45) is 0 Å². The van der Waals surface area contributed by atoms with Crippen molar-refractivity contribution in [1.29, 1.82) is 0 Å². The van der Waals surface area contributed by atoms with E-state index in [4.69, 9.17) is 4.42 Å². The van der Waals surface area contributed by atoms with Crippen LogP contribution in [0.4, 0.5) is 34.1 Å². The molecule has 2 aliphatic heterocycles. The van der Waals surface area contributed by atoms with Crippen LogP contribution in [0.3, 0.4) is 0 Å². The fraction of sp³-hybridized carbons (Fsp3) is 0.305. The quantitative estimate of drug-likeness (QED) is 0.141. The van der Waals surface area contributed by atoms with Gasteiger partial charge in [0.1, 0.15) is 27.3 Å². The molecule has 506 valence electrons. The second kappa shape index (κ2) is 22.6. The van der Waals surface area contributed by atoms with Gasteiger partial charge in [0.25, 0.3) is 0 Å². The van der Waals surface area contributed by atoms with Crippen LogP contribution in [0.1, 0.15) is 180 Å². The Bertz CT molecular complexity index is 5140. The maximum absolute atomic E-state index is 7.94. The molecule has 12 aromatic rings. The summed E-state index contributed by atoms with van der Waals surface area (Å²) in [5.41, 5.74) is 27.9. The number of hydrogen-bond acceptors (Lipinski definition) is 3. The maximum atomic E-state index is 7.94. The largest absolute Gasteiger partial charge is 0.455 e. The summed E-state index contributed by atoms with van der Waals surface area (Å²) in [6, 6.07) is 87.0. The Balaban J connectivity index is 1.18. The number of nitrogens with zero attached hydrogens (tertiary/aromatic N) is 2. The van der Waals surface area contributed by atoms with Gasteiger partial charge in [-0.05, 0) is 209 Å². The highest BCUT2D eigenvalue weighted by atomic mass is 28.3. The number of hydrogen-bond donors (Lipinski definition) is 0. The fourth-order valence-electron chi connectivity index (χ4n) is 17.2. The van der Waals surface area contributed by atoms with Crippen molar-refractivity contribution < 1.29 is 4.42 Å². The smallest absolute Gasteiger partial charge is 0.145 e. The first-order valence-corrected chi connectivity index (χ1v) is 42.6. The second-order valence-electron chi connectivity index (χ2n) is 36.7. The Kier molecular flexibility index (Phi) is 15.2. The highest BCUT2D eigenvalue weighted by Gasteiger charge is 2.54. The molecule has 0 spiro atoms. The molecule has 0 radical (unpaired) electrons. The van der Waals surface area contributed by atoms with Crippen molar-refractivity contribution in [3.05, 3.63) is 274 Å². The molecular formula is C95H102N2OSi2. The number of anilines is 6. The predicted octanol–water partition coefficient (Wildman–Crippen LogP) is 24.3. The number of para-hydroxylation sites is 1. The van der Waals surface area contributed by atoms with Gasteiger partial charge in [0.2, 0.25) is 0 Å². The van der Waals surface area contributed by atoms with E-state index in [2.05, 4.69) is 379 Å². The molecule has 0 fully saturated rings. The lowest BCUT2D eigenvalue weighted by Gasteiger charge is -2.38. The molecule has 0 amide bonds. The Morgan fingerprint density at radius 3 is 1.16 bits per heavy atom. The first-order chi connectivity index (χ1) is 46.9. The summed E-state index contributed by atoms with van der Waals surface area (Å²) in [4.78, 5) is 5.22. The van der Waals surface area contributed by atoms with Gasteiger partial charge >= 0.3 is 0 Å². The first kappa shape index (κ1) is 67.1. The van der Waals surface area contributed by atoms with E-state index in [9.17, 15) is 0 Å². The van der Waals surface area contributed by atoms with Crippen LogP contribution in [-0.4, -0.2) is 16.1 Å². The zero-order chi connectivity index (χ0) is 71.1. The number of fused-ring (bicyclic) bond motifs is 14. The van der Waals surface area contributed by atoms with Crippen LogP contribution in [0.2, 0.25) is 26.2 Å². The van der Waals surface area contributed by atoms with E-state index in [0.717, 1.165) is 50.4 Å². The molecule has 5 heteroatoms. The standard InChI is InChI=1S/C95H102N2OSi2/c1-89(2,3)59-31-33-64(34-32-59)95(66-44-54-82-74(56-66)73-55-65(94(16,17)18)43-53-81(73)99(82,19)20)75-58-78(97(69-49-39-62(40-50-69)92(10,11)12)70-51-41-63(42-52-70)93(13,14)15)88-84(72-28-24-26-30-80(72)100(88,21)22)85(75)86-76(95)57-77(83-71-27-23-25-29-79(71)98-87(83)86)96(67-45-35-60(36-46-67)90(4,5)6)68-47-37-61(38-48-68)91(7,8)9/h23-58H,1-22H3. The normalized spacial score (nSPS) is 16.1. The predicted molar refractivity (Wildman–Crippen MR) is 437 cm³/mol. The van der Waals surface area contributed by atoms with Gasteiger partial charge in [0, 0.05) is 39.4 Å². The van der Waals surface area contributed by atoms with E-state index in [1.807, 2.05) is 0 Å². The molecule has 1 unspecified atom stereocenters. The van der Waals surface area contributed by atoms with Gasteiger partial charge in [-0.1, -0.05) is 296 Å². The van der Waals surface area contributed by atoms with Gasteiger partial charge in [-0.15, -0.1) is 0 Å². The van der Waals surface area contributed by atoms with Gasteiger partial charge in [-0.2, -0.15) is 0 Å². The molecular weight excluding hydrogens is 1240 g/mol. The third kappa shape index (κ3) is 10.5. The minimum absolute atomic E-state index is 0.0401. The van der Waals surface area contributed by atoms with Crippen molar-refractivity contribution in [3.8, 4) is 33.4 Å². The van der Waals surface area contributed by atoms with Gasteiger partial charge < -0.3 is 14.2 Å². The Morgan fingerprint density at radius 1 is 0.310 bits per heavy atom. The van der Waals surface area contributed by atoms with Crippen molar-refractivity contribution >= 4 is 93.0 Å². The average molecular weight is 1340 g/mol. The Morgan fingerprint density at radius 2 is 0.680 bits per heavy atom. The molecule has 0 N–H and O–H groups in total. The van der Waals surface area contributed by atoms with E-state index >= 15 is 0 Å². The van der Waals surface area contributed by atoms with Crippen LogP contribution in [-0.2, 0) is 37.9 Å². The monoisotopic (exact) mass is 1340 g/mol. The SMILES string of the molecule is CC(C)(C)c1ccc(N(c2ccc(C(C)(C)C)cc2)c2cc3c(c4c2[Si](C)(C)c2ccccc2-4)-c2c(cc(N(c4ccc(C(C)(C)C)cc4)c4ccc(C(C)(C)C)cc4)c4c2oc2ccccc24)C3(c2ccc(C(C)(C)C)cc2)c2ccc3c(c2)-c2cc(C(C)(C)C)ccc2[Si]3(C)C)cc1. The first-order valence-electron chi connectivity index (χ1n) is 36.6. The van der Waals surface area contributed by atoms with Crippen molar-refractivity contribution in [2.45, 2.75) is 189 Å². The lowest BCUT2D eigenvalue weighted by atomic mass is 9.66. The number of furan rings is 1. The van der Waals surface area contributed by atoms with Crippen LogP contribution in [0.5, 0.6) is 0 Å². The summed E-state index contributed by atoms with van der Waals surface area (Å²) in [7, 11) is -4.87. The minimum atomic E-state index is -2.65. The number of rotatable bonds is 8. The minimum Gasteiger partial charge on any atom is -0.455 e. The van der Waals surface area contributed by atoms with Gasteiger partial charge in [0.05, 0.1) is 16.5 Å². The van der Waals surface area contributed by atoms with E-state index < -0.39 is 21.6 Å². The highest BCUT2D eigenvalue weighted by Crippen LogP contribution is 2.65. The lowest BCUT2D eigenvalue weighted by Crippen LogP contribution is -2.50. The molecule has 15 rings (SSSR count). The third-order valence-corrected chi connectivity index (χ3v) is 30.2. The number of benzene rings is 11. The zero-order valence-electron chi connectivity index (χ0n) is 63.6. The second-order valence-corrected chi connectivity index (χ2v) is 45.3. The average Bonchev–Trinajstić information content (AvgIpc) is 1.49. The van der Waals surface area contributed by atoms with E-state index in [-0.39, 0.29) is 32.5 Å². The molecule has 0 saturated carbocycles. The molecule has 0 saturated heterocycles. The summed E-state index contributed by atoms with van der Waals surface area (Å²) in [6.07, 6.45) is 0. The van der Waals surface area contributed by atoms with Crippen molar-refractivity contribution in [2.75, 3.05) is 9.80 Å². The van der Waals surface area contributed by atoms with Gasteiger partial charge in [-0.3, -0.25) is 0 Å². The van der Waals surface area contributed by atoms with Gasteiger partial charge in [0.15, 0.2) is 0 Å². The van der Waals surface area contributed by atoms with Crippen LogP contribution >= 0.6 is 0 Å². The topological polar surface area (TPSA) is 19.6 Å². The summed E-state index contributed by atoms with van der Waals surface area (Å²) >= 11 is 0. The summed E-state index contributed by atoms with van der Waals surface area (Å²) in [5, 5.41) is 8.09. The molecule has 1 aliphatic carbocycles. The zero-order valence-corrected chi connectivity index (χ0v) is 65.6. The van der Waals surface area contributed by atoms with E-state index in [0.29, 0.717) is 0 Å². The van der Waals surface area contributed by atoms with Gasteiger partial charge in [-0.25, -0.2) is 0 Å². The summed E-state index contributed by atoms with van der Waals surface area (Å²) in [5.74, 6) is 0. The van der Waals surface area contributed by atoms with Crippen LogP contribution in [0.25, 0.3) is 55.3 Å². The molecule has 1 aromatic heterocycles. The summed E-state index contributed by atoms with van der Waals surface area (Å²) < 4.78 is 7.94. The van der Waals surface area contributed by atoms with Crippen LogP contribution in [0, 0.1) is 0 Å². The molecule has 1 atom stereocenters. The van der Waals surface area contributed by atoms with Crippen molar-refractivity contribution in [3.63, 3.8) is 0 Å². The van der Waals surface area contributed by atoms with E-state index in [1.54, 1.807) is 0 Å². The molecule has 100 heavy (non-hydrogen) atoms. The fourth-order valence-corrected chi connectivity index (χ4v) is 23.6. The molecule has 11 aromatic carbocycles. The molecule has 3 nitrogen and oxygen atoms in total. The summed E-state index contributed by atoms with van der Waals surface area (Å²) in [6.45, 7) is 52.4. The van der Waals surface area contributed by atoms with Crippen LogP contribution < -0.4 is 30.5 Å². The lowest BCUT2D eigenvalue weighted by molar-refractivity contribution is 0.589. The van der Waals surface area contributed by atoms with E-state index in [1.165, 1.54) is 115 Å². The molecule has 0 bridgehead atoms. The Labute approximate surface area is 599 Å². The van der Waals surface area contributed by atoms with Crippen LogP contribution in [0.15, 0.2) is 223 Å². The maximum Gasteiger partial charge on any atom is 0.145 e. The van der Waals surface area contributed by atoms with Crippen molar-refractivity contribution in [1.82, 2.24) is 0 Å². The Hall–Kier alpha value is -8.75. The third-order valence-electron chi connectivity index (χ3n) is 23.1.